The van der Waals surface area contributed by atoms with Crippen LogP contribution in [0.2, 0.25) is 5.02 Å². The van der Waals surface area contributed by atoms with Crippen LogP contribution in [0.3, 0.4) is 0 Å². The Hall–Kier alpha value is -2.46. The fraction of sp³-hybridized carbons (Fsp3) is 0.250. The van der Waals surface area contributed by atoms with Gasteiger partial charge < -0.3 is 4.84 Å². The molecule has 0 aliphatic heterocycles. The number of oxime groups is 1. The third-order valence-electron chi connectivity index (χ3n) is 3.80. The minimum atomic E-state index is -0.654. The van der Waals surface area contributed by atoms with E-state index in [9.17, 15) is 9.59 Å². The monoisotopic (exact) mass is 357 g/mol. The lowest BCUT2D eigenvalue weighted by atomic mass is 9.94. The summed E-state index contributed by atoms with van der Waals surface area (Å²) >= 11 is 5.86. The molecule has 5 heteroatoms. The van der Waals surface area contributed by atoms with Crippen LogP contribution in [0.4, 0.5) is 0 Å². The molecule has 0 unspecified atom stereocenters. The number of aryl methyl sites for hydroxylation is 3. The summed E-state index contributed by atoms with van der Waals surface area (Å²) in [5.74, 6) is -0.880. The first-order valence-electron chi connectivity index (χ1n) is 7.99. The molecule has 25 heavy (non-hydrogen) atoms. The number of ketones is 1. The van der Waals surface area contributed by atoms with Crippen LogP contribution in [0.25, 0.3) is 0 Å². The molecular formula is C20H20ClNO3. The third kappa shape index (κ3) is 4.54. The van der Waals surface area contributed by atoms with Crippen LogP contribution in [0.15, 0.2) is 41.6 Å². The van der Waals surface area contributed by atoms with Crippen molar-refractivity contribution in [3.63, 3.8) is 0 Å². The molecule has 0 saturated carbocycles. The van der Waals surface area contributed by atoms with E-state index in [2.05, 4.69) is 5.16 Å². The lowest BCUT2D eigenvalue weighted by molar-refractivity contribution is 0.0515. The van der Waals surface area contributed by atoms with E-state index in [-0.39, 0.29) is 17.1 Å². The molecule has 0 N–H and O–H groups in total. The highest BCUT2D eigenvalue weighted by Gasteiger charge is 2.19. The topological polar surface area (TPSA) is 55.7 Å². The first kappa shape index (κ1) is 18.9. The first-order chi connectivity index (χ1) is 11.8. The van der Waals surface area contributed by atoms with Gasteiger partial charge in [-0.05, 0) is 56.5 Å². The van der Waals surface area contributed by atoms with Crippen LogP contribution in [-0.2, 0) is 4.84 Å². The number of benzene rings is 2. The Labute approximate surface area is 152 Å². The van der Waals surface area contributed by atoms with Crippen molar-refractivity contribution in [3.8, 4) is 0 Å². The normalized spacial score (nSPS) is 11.3. The summed E-state index contributed by atoms with van der Waals surface area (Å²) in [6.45, 7) is 7.55. The number of rotatable bonds is 5. The summed E-state index contributed by atoms with van der Waals surface area (Å²) in [5, 5.41) is 4.23. The number of Topliss-reactive ketones (excluding diaryl/α,β-unsaturated/α-hetero) is 1. The molecule has 0 fully saturated rings. The maximum Gasteiger partial charge on any atom is 0.365 e. The van der Waals surface area contributed by atoms with Crippen molar-refractivity contribution < 1.29 is 14.4 Å². The predicted molar refractivity (Wildman–Crippen MR) is 99.6 cm³/mol. The van der Waals surface area contributed by atoms with Crippen molar-refractivity contribution in [1.29, 1.82) is 0 Å². The minimum absolute atomic E-state index is 0.199. The van der Waals surface area contributed by atoms with Crippen molar-refractivity contribution >= 4 is 29.1 Å². The second kappa shape index (κ2) is 8.08. The molecule has 0 bridgehead atoms. The Morgan fingerprint density at radius 2 is 1.72 bits per heavy atom. The third-order valence-corrected chi connectivity index (χ3v) is 4.04. The molecule has 0 amide bonds. The molecule has 0 aliphatic carbocycles. The van der Waals surface area contributed by atoms with Gasteiger partial charge in [0.2, 0.25) is 5.78 Å². The van der Waals surface area contributed by atoms with Gasteiger partial charge in [-0.1, -0.05) is 47.4 Å². The van der Waals surface area contributed by atoms with Crippen molar-refractivity contribution in [2.45, 2.75) is 34.1 Å². The Kier molecular flexibility index (Phi) is 6.10. The van der Waals surface area contributed by atoms with Gasteiger partial charge in [-0.2, -0.15) is 0 Å². The quantitative estimate of drug-likeness (QED) is 0.325. The zero-order valence-corrected chi connectivity index (χ0v) is 15.5. The Morgan fingerprint density at radius 1 is 1.08 bits per heavy atom. The smallest absolute Gasteiger partial charge is 0.312 e. The average molecular weight is 358 g/mol. The van der Waals surface area contributed by atoms with Gasteiger partial charge in [0.25, 0.3) is 0 Å². The predicted octanol–water partition coefficient (Wildman–Crippen LogP) is 5.07. The molecule has 0 aliphatic rings. The molecular weight excluding hydrogens is 338 g/mol. The number of halogens is 1. The molecule has 0 radical (unpaired) electrons. The zero-order valence-electron chi connectivity index (χ0n) is 14.7. The van der Waals surface area contributed by atoms with E-state index in [1.807, 2.05) is 32.9 Å². The van der Waals surface area contributed by atoms with Crippen molar-refractivity contribution in [2.24, 2.45) is 5.16 Å². The van der Waals surface area contributed by atoms with Crippen LogP contribution in [0.1, 0.15) is 50.8 Å². The molecule has 2 rings (SSSR count). The highest BCUT2D eigenvalue weighted by Crippen LogP contribution is 2.18. The molecule has 0 saturated heterocycles. The SMILES string of the molecule is CC/C(=N/OC(=O)c1cccc(Cl)c1)C(=O)c1c(C)cc(C)cc1C. The fourth-order valence-electron chi connectivity index (χ4n) is 2.71. The van der Waals surface area contributed by atoms with E-state index in [1.54, 1.807) is 25.1 Å². The number of nitrogens with zero attached hydrogens (tertiary/aromatic N) is 1. The minimum Gasteiger partial charge on any atom is -0.312 e. The van der Waals surface area contributed by atoms with Crippen LogP contribution in [0.5, 0.6) is 0 Å². The summed E-state index contributed by atoms with van der Waals surface area (Å²) in [6.07, 6.45) is 0.356. The van der Waals surface area contributed by atoms with Gasteiger partial charge in [0, 0.05) is 10.6 Å². The first-order valence-corrected chi connectivity index (χ1v) is 8.37. The number of hydrogen-bond acceptors (Lipinski definition) is 4. The molecule has 0 heterocycles. The lowest BCUT2D eigenvalue weighted by Gasteiger charge is -2.11. The largest absolute Gasteiger partial charge is 0.365 e. The zero-order chi connectivity index (χ0) is 18.6. The Morgan fingerprint density at radius 3 is 2.28 bits per heavy atom. The standard InChI is InChI=1S/C20H20ClNO3/c1-5-17(19(23)18-13(3)9-12(2)10-14(18)4)22-25-20(24)15-7-6-8-16(21)11-15/h6-11H,5H2,1-4H3/b22-17-. The van der Waals surface area contributed by atoms with Crippen LogP contribution >= 0.6 is 11.6 Å². The summed E-state index contributed by atoms with van der Waals surface area (Å²) in [7, 11) is 0. The van der Waals surface area contributed by atoms with E-state index in [4.69, 9.17) is 16.4 Å². The molecule has 0 spiro atoms. The summed E-state index contributed by atoms with van der Waals surface area (Å²) < 4.78 is 0. The second-order valence-electron chi connectivity index (χ2n) is 5.88. The number of carbonyl (C=O) groups excluding carboxylic acids is 2. The Bertz CT molecular complexity index is 833. The fourth-order valence-corrected chi connectivity index (χ4v) is 2.90. The van der Waals surface area contributed by atoms with Crippen molar-refractivity contribution in [3.05, 3.63) is 69.2 Å². The van der Waals surface area contributed by atoms with Crippen LogP contribution in [-0.4, -0.2) is 17.5 Å². The second-order valence-corrected chi connectivity index (χ2v) is 6.32. The van der Waals surface area contributed by atoms with Crippen LogP contribution < -0.4 is 0 Å². The maximum absolute atomic E-state index is 12.8. The summed E-state index contributed by atoms with van der Waals surface area (Å²) in [5.41, 5.74) is 3.93. The van der Waals surface area contributed by atoms with Gasteiger partial charge in [-0.15, -0.1) is 0 Å². The van der Waals surface area contributed by atoms with Crippen LogP contribution in [0, 0.1) is 20.8 Å². The van der Waals surface area contributed by atoms with Gasteiger partial charge in [0.1, 0.15) is 5.71 Å². The van der Waals surface area contributed by atoms with Gasteiger partial charge in [-0.25, -0.2) is 4.79 Å². The average Bonchev–Trinajstić information content (AvgIpc) is 2.54. The molecule has 2 aromatic rings. The van der Waals surface area contributed by atoms with Gasteiger partial charge >= 0.3 is 5.97 Å². The van der Waals surface area contributed by atoms with Gasteiger partial charge in [-0.3, -0.25) is 4.79 Å². The lowest BCUT2D eigenvalue weighted by Crippen LogP contribution is -2.18. The van der Waals surface area contributed by atoms with E-state index in [0.717, 1.165) is 16.7 Å². The van der Waals surface area contributed by atoms with Crippen molar-refractivity contribution in [2.75, 3.05) is 0 Å². The molecule has 4 nitrogen and oxygen atoms in total. The maximum atomic E-state index is 12.8. The molecule has 130 valence electrons. The van der Waals surface area contributed by atoms with E-state index < -0.39 is 5.97 Å². The van der Waals surface area contributed by atoms with Gasteiger partial charge in [0.15, 0.2) is 0 Å². The summed E-state index contributed by atoms with van der Waals surface area (Å²) in [4.78, 5) is 29.8. The summed E-state index contributed by atoms with van der Waals surface area (Å²) in [6, 6.07) is 10.3. The van der Waals surface area contributed by atoms with Gasteiger partial charge in [0.05, 0.1) is 5.56 Å². The highest BCUT2D eigenvalue weighted by atomic mass is 35.5. The van der Waals surface area contributed by atoms with E-state index >= 15 is 0 Å². The molecule has 2 aromatic carbocycles. The molecule has 0 atom stereocenters. The van der Waals surface area contributed by atoms with E-state index in [0.29, 0.717) is 17.0 Å². The number of carbonyl (C=O) groups is 2. The Balaban J connectivity index is 2.26. The van der Waals surface area contributed by atoms with Crippen molar-refractivity contribution in [1.82, 2.24) is 0 Å². The number of hydrogen-bond donors (Lipinski definition) is 0. The highest BCUT2D eigenvalue weighted by molar-refractivity contribution is 6.46. The van der Waals surface area contributed by atoms with E-state index in [1.165, 1.54) is 6.07 Å². The molecule has 0 aromatic heterocycles.